The van der Waals surface area contributed by atoms with Crippen molar-refractivity contribution in [3.63, 3.8) is 0 Å². The molecule has 0 amide bonds. The van der Waals surface area contributed by atoms with Gasteiger partial charge in [-0.2, -0.15) is 0 Å². The fourth-order valence-electron chi connectivity index (χ4n) is 1.28. The molecule has 0 unspecified atom stereocenters. The summed E-state index contributed by atoms with van der Waals surface area (Å²) in [6.07, 6.45) is 1.62. The van der Waals surface area contributed by atoms with Crippen molar-refractivity contribution in [1.82, 2.24) is 0 Å². The molecule has 2 aromatic carbocycles. The highest BCUT2D eigenvalue weighted by Gasteiger charge is 1.92. The van der Waals surface area contributed by atoms with Gasteiger partial charge < -0.3 is 5.11 Å². The highest BCUT2D eigenvalue weighted by molar-refractivity contribution is 5.82. The molecule has 0 bridgehead atoms. The van der Waals surface area contributed by atoms with E-state index in [2.05, 4.69) is 4.99 Å². The number of halogens is 1. The molecule has 0 aliphatic rings. The van der Waals surface area contributed by atoms with Gasteiger partial charge in [-0.15, -0.1) is 0 Å². The monoisotopic (exact) mass is 215 g/mol. The third-order valence-electron chi connectivity index (χ3n) is 2.06. The van der Waals surface area contributed by atoms with E-state index in [-0.39, 0.29) is 11.6 Å². The maximum Gasteiger partial charge on any atom is 0.123 e. The minimum atomic E-state index is -0.281. The van der Waals surface area contributed by atoms with E-state index in [0.29, 0.717) is 5.69 Å². The Morgan fingerprint density at radius 1 is 1.06 bits per heavy atom. The summed E-state index contributed by atoms with van der Waals surface area (Å²) < 4.78 is 12.6. The van der Waals surface area contributed by atoms with Crippen LogP contribution in [-0.2, 0) is 0 Å². The van der Waals surface area contributed by atoms with Crippen molar-refractivity contribution in [2.24, 2.45) is 4.99 Å². The quantitative estimate of drug-likeness (QED) is 0.766. The van der Waals surface area contributed by atoms with Gasteiger partial charge in [-0.25, -0.2) is 4.39 Å². The average molecular weight is 215 g/mol. The molecule has 0 aliphatic carbocycles. The number of hydrogen-bond acceptors (Lipinski definition) is 2. The van der Waals surface area contributed by atoms with Gasteiger partial charge in [0.05, 0.1) is 5.69 Å². The minimum Gasteiger partial charge on any atom is -0.508 e. The molecule has 3 heteroatoms. The Bertz CT molecular complexity index is 506. The molecule has 0 saturated heterocycles. The van der Waals surface area contributed by atoms with Crippen molar-refractivity contribution in [2.75, 3.05) is 0 Å². The fourth-order valence-corrected chi connectivity index (χ4v) is 1.28. The standard InChI is InChI=1S/C13H10FNO/c14-11-4-6-12(7-5-11)15-9-10-2-1-3-13(16)8-10/h1-9,16H. The van der Waals surface area contributed by atoms with E-state index in [1.165, 1.54) is 12.1 Å². The van der Waals surface area contributed by atoms with Gasteiger partial charge in [0.25, 0.3) is 0 Å². The smallest absolute Gasteiger partial charge is 0.123 e. The van der Waals surface area contributed by atoms with Gasteiger partial charge in [-0.3, -0.25) is 4.99 Å². The van der Waals surface area contributed by atoms with Gasteiger partial charge in [0.1, 0.15) is 11.6 Å². The van der Waals surface area contributed by atoms with Gasteiger partial charge in [0.15, 0.2) is 0 Å². The van der Waals surface area contributed by atoms with Crippen LogP contribution in [0.4, 0.5) is 10.1 Å². The van der Waals surface area contributed by atoms with E-state index < -0.39 is 0 Å². The second kappa shape index (κ2) is 4.57. The number of aromatic hydroxyl groups is 1. The molecule has 16 heavy (non-hydrogen) atoms. The number of nitrogens with zero attached hydrogens (tertiary/aromatic N) is 1. The van der Waals surface area contributed by atoms with Gasteiger partial charge in [0, 0.05) is 6.21 Å². The van der Waals surface area contributed by atoms with Crippen LogP contribution in [0.25, 0.3) is 0 Å². The lowest BCUT2D eigenvalue weighted by atomic mass is 10.2. The molecule has 0 radical (unpaired) electrons. The molecular formula is C13H10FNO. The van der Waals surface area contributed by atoms with Gasteiger partial charge in [-0.1, -0.05) is 12.1 Å². The topological polar surface area (TPSA) is 32.6 Å². The highest BCUT2D eigenvalue weighted by atomic mass is 19.1. The Morgan fingerprint density at radius 2 is 1.81 bits per heavy atom. The maximum atomic E-state index is 12.6. The molecule has 0 spiro atoms. The van der Waals surface area contributed by atoms with Crippen molar-refractivity contribution < 1.29 is 9.50 Å². The summed E-state index contributed by atoms with van der Waals surface area (Å²) in [5.74, 6) is -0.0839. The van der Waals surface area contributed by atoms with Crippen LogP contribution in [0.5, 0.6) is 5.75 Å². The van der Waals surface area contributed by atoms with Crippen LogP contribution < -0.4 is 0 Å². The van der Waals surface area contributed by atoms with Gasteiger partial charge >= 0.3 is 0 Å². The first-order chi connectivity index (χ1) is 7.74. The zero-order chi connectivity index (χ0) is 11.4. The van der Waals surface area contributed by atoms with E-state index in [1.807, 2.05) is 6.07 Å². The van der Waals surface area contributed by atoms with Crippen LogP contribution in [0.3, 0.4) is 0 Å². The molecule has 0 saturated carbocycles. The van der Waals surface area contributed by atoms with E-state index in [9.17, 15) is 9.50 Å². The third kappa shape index (κ3) is 2.67. The van der Waals surface area contributed by atoms with E-state index in [4.69, 9.17) is 0 Å². The molecule has 80 valence electrons. The molecule has 1 N–H and O–H groups in total. The molecule has 0 atom stereocenters. The number of phenolic OH excluding ortho intramolecular Hbond substituents is 1. The first kappa shape index (κ1) is 10.4. The third-order valence-corrected chi connectivity index (χ3v) is 2.06. The number of hydrogen-bond donors (Lipinski definition) is 1. The zero-order valence-electron chi connectivity index (χ0n) is 8.47. The summed E-state index contributed by atoms with van der Waals surface area (Å²) in [6, 6.07) is 12.7. The summed E-state index contributed by atoms with van der Waals surface area (Å²) in [7, 11) is 0. The fraction of sp³-hybridized carbons (Fsp3) is 0. The van der Waals surface area contributed by atoms with E-state index in [0.717, 1.165) is 5.56 Å². The predicted octanol–water partition coefficient (Wildman–Crippen LogP) is 3.28. The summed E-state index contributed by atoms with van der Waals surface area (Å²) in [4.78, 5) is 4.16. The first-order valence-electron chi connectivity index (χ1n) is 4.83. The molecule has 0 aliphatic heterocycles. The SMILES string of the molecule is Oc1cccc(C=Nc2ccc(F)cc2)c1. The molecular weight excluding hydrogens is 205 g/mol. The van der Waals surface area contributed by atoms with Crippen molar-refractivity contribution >= 4 is 11.9 Å². The second-order valence-electron chi connectivity index (χ2n) is 3.33. The Balaban J connectivity index is 2.18. The molecule has 2 nitrogen and oxygen atoms in total. The van der Waals surface area contributed by atoms with E-state index >= 15 is 0 Å². The van der Waals surface area contributed by atoms with Crippen LogP contribution in [0.1, 0.15) is 5.56 Å². The number of phenols is 1. The number of benzene rings is 2. The van der Waals surface area contributed by atoms with Crippen LogP contribution in [-0.4, -0.2) is 11.3 Å². The van der Waals surface area contributed by atoms with Gasteiger partial charge in [-0.05, 0) is 42.0 Å². The van der Waals surface area contributed by atoms with Crippen molar-refractivity contribution in [1.29, 1.82) is 0 Å². The Kier molecular flexibility index (Phi) is 2.96. The average Bonchev–Trinajstić information content (AvgIpc) is 2.28. The number of aliphatic imine (C=N–C) groups is 1. The molecule has 0 aromatic heterocycles. The Morgan fingerprint density at radius 3 is 2.50 bits per heavy atom. The maximum absolute atomic E-state index is 12.6. The van der Waals surface area contributed by atoms with Crippen molar-refractivity contribution in [2.45, 2.75) is 0 Å². The lowest BCUT2D eigenvalue weighted by Gasteiger charge is -1.95. The Hall–Kier alpha value is -2.16. The lowest BCUT2D eigenvalue weighted by molar-refractivity contribution is 0.475. The summed E-state index contributed by atoms with van der Waals surface area (Å²) in [5, 5.41) is 9.24. The summed E-state index contributed by atoms with van der Waals surface area (Å²) in [6.45, 7) is 0. The van der Waals surface area contributed by atoms with Crippen LogP contribution in [0.2, 0.25) is 0 Å². The zero-order valence-corrected chi connectivity index (χ0v) is 8.47. The van der Waals surface area contributed by atoms with E-state index in [1.54, 1.807) is 36.5 Å². The summed E-state index contributed by atoms with van der Waals surface area (Å²) >= 11 is 0. The number of rotatable bonds is 2. The van der Waals surface area contributed by atoms with Crippen LogP contribution >= 0.6 is 0 Å². The highest BCUT2D eigenvalue weighted by Crippen LogP contribution is 2.13. The predicted molar refractivity (Wildman–Crippen MR) is 61.8 cm³/mol. The molecule has 2 rings (SSSR count). The van der Waals surface area contributed by atoms with Crippen molar-refractivity contribution in [3.05, 3.63) is 59.9 Å². The molecule has 0 heterocycles. The normalized spacial score (nSPS) is 10.8. The lowest BCUT2D eigenvalue weighted by Crippen LogP contribution is -1.79. The molecule has 2 aromatic rings. The van der Waals surface area contributed by atoms with Crippen LogP contribution in [0.15, 0.2) is 53.5 Å². The Labute approximate surface area is 92.7 Å². The minimum absolute atomic E-state index is 0.197. The second-order valence-corrected chi connectivity index (χ2v) is 3.33. The van der Waals surface area contributed by atoms with Gasteiger partial charge in [0.2, 0.25) is 0 Å². The van der Waals surface area contributed by atoms with Crippen molar-refractivity contribution in [3.8, 4) is 5.75 Å². The first-order valence-corrected chi connectivity index (χ1v) is 4.83. The largest absolute Gasteiger partial charge is 0.508 e. The van der Waals surface area contributed by atoms with Crippen LogP contribution in [0, 0.1) is 5.82 Å². The summed E-state index contributed by atoms with van der Waals surface area (Å²) in [5.41, 5.74) is 1.47. The molecule has 0 fully saturated rings.